The van der Waals surface area contributed by atoms with Crippen LogP contribution in [-0.4, -0.2) is 13.0 Å². The quantitative estimate of drug-likeness (QED) is 0.221. The van der Waals surface area contributed by atoms with Crippen LogP contribution in [0.15, 0.2) is 155 Å². The third-order valence-corrected chi connectivity index (χ3v) is 10.0. The maximum absolute atomic E-state index is 14.1. The van der Waals surface area contributed by atoms with Gasteiger partial charge in [-0.05, 0) is 70.3 Å². The molecule has 1 aliphatic rings. The molecular formula is C37H25NO2S. The van der Waals surface area contributed by atoms with Crippen molar-refractivity contribution in [3.63, 3.8) is 0 Å². The highest BCUT2D eigenvalue weighted by Gasteiger charge is 2.31. The second-order valence-electron chi connectivity index (χ2n) is 10.6. The maximum atomic E-state index is 14.1. The number of hydrogen-bond acceptors (Lipinski definition) is 2. The predicted octanol–water partition coefficient (Wildman–Crippen LogP) is 8.78. The summed E-state index contributed by atoms with van der Waals surface area (Å²) in [5.74, 6) is -0.0832. The molecule has 0 saturated heterocycles. The van der Waals surface area contributed by atoms with Crippen molar-refractivity contribution in [2.45, 2.75) is 15.7 Å². The van der Waals surface area contributed by atoms with Gasteiger partial charge in [0.05, 0.1) is 20.8 Å². The summed E-state index contributed by atoms with van der Waals surface area (Å²) in [6.45, 7) is 0. The Balaban J connectivity index is 1.46. The highest BCUT2D eigenvalue weighted by atomic mass is 32.2. The molecule has 0 saturated carbocycles. The Hall–Kier alpha value is -4.93. The molecule has 1 aromatic heterocycles. The van der Waals surface area contributed by atoms with E-state index < -0.39 is 9.84 Å². The second-order valence-corrected chi connectivity index (χ2v) is 12.5. The van der Waals surface area contributed by atoms with Crippen LogP contribution in [0, 0.1) is 0 Å². The molecule has 0 radical (unpaired) electrons. The lowest BCUT2D eigenvalue weighted by atomic mass is 9.89. The molecule has 0 fully saturated rings. The van der Waals surface area contributed by atoms with Crippen molar-refractivity contribution in [1.29, 1.82) is 0 Å². The lowest BCUT2D eigenvalue weighted by Gasteiger charge is -2.19. The molecule has 0 unspecified atom stereocenters. The fourth-order valence-corrected chi connectivity index (χ4v) is 7.86. The number of benzene rings is 6. The summed E-state index contributed by atoms with van der Waals surface area (Å²) in [7, 11) is -3.78. The summed E-state index contributed by atoms with van der Waals surface area (Å²) in [6, 6.07) is 48.1. The lowest BCUT2D eigenvalue weighted by Crippen LogP contribution is -2.08. The molecule has 0 spiro atoms. The first-order valence-electron chi connectivity index (χ1n) is 13.7. The molecule has 0 N–H and O–H groups in total. The Morgan fingerprint density at radius 1 is 0.488 bits per heavy atom. The van der Waals surface area contributed by atoms with Crippen molar-refractivity contribution in [2.24, 2.45) is 0 Å². The SMILES string of the molecule is O=S(=O)(c1ccccc1)c1cc(C2c3ccccc3-c3ccccc32)cc(-n2c3ccccc3c3ccccc32)c1. The summed E-state index contributed by atoms with van der Waals surface area (Å²) in [5.41, 5.74) is 8.65. The Bertz CT molecular complexity index is 2130. The first kappa shape index (κ1) is 23.9. The molecule has 196 valence electrons. The number of sulfone groups is 1. The van der Waals surface area contributed by atoms with E-state index in [9.17, 15) is 8.42 Å². The maximum Gasteiger partial charge on any atom is 0.206 e. The van der Waals surface area contributed by atoms with Gasteiger partial charge < -0.3 is 4.57 Å². The van der Waals surface area contributed by atoms with Crippen LogP contribution >= 0.6 is 0 Å². The van der Waals surface area contributed by atoms with Gasteiger partial charge >= 0.3 is 0 Å². The molecule has 41 heavy (non-hydrogen) atoms. The van der Waals surface area contributed by atoms with E-state index in [2.05, 4.69) is 83.4 Å². The zero-order valence-electron chi connectivity index (χ0n) is 22.1. The topological polar surface area (TPSA) is 39.1 Å². The lowest BCUT2D eigenvalue weighted by molar-refractivity contribution is 0.596. The third kappa shape index (κ3) is 3.61. The summed E-state index contributed by atoms with van der Waals surface area (Å²) in [5, 5.41) is 2.27. The summed E-state index contributed by atoms with van der Waals surface area (Å²) in [4.78, 5) is 0.581. The van der Waals surface area contributed by atoms with Crippen LogP contribution in [0.5, 0.6) is 0 Å². The van der Waals surface area contributed by atoms with Gasteiger partial charge in [0.2, 0.25) is 9.84 Å². The molecule has 8 rings (SSSR count). The van der Waals surface area contributed by atoms with Crippen LogP contribution < -0.4 is 0 Å². The summed E-state index contributed by atoms with van der Waals surface area (Å²) >= 11 is 0. The van der Waals surface area contributed by atoms with Gasteiger partial charge in [0.1, 0.15) is 0 Å². The van der Waals surface area contributed by atoms with Crippen molar-refractivity contribution in [2.75, 3.05) is 0 Å². The normalized spacial score (nSPS) is 13.0. The fourth-order valence-electron chi connectivity index (χ4n) is 6.51. The Kier molecular flexibility index (Phi) is 5.28. The minimum absolute atomic E-state index is 0.0832. The van der Waals surface area contributed by atoms with Gasteiger partial charge in [0, 0.05) is 22.4 Å². The van der Waals surface area contributed by atoms with Crippen LogP contribution in [0.25, 0.3) is 38.6 Å². The molecule has 7 aromatic rings. The monoisotopic (exact) mass is 547 g/mol. The van der Waals surface area contributed by atoms with Gasteiger partial charge in [0.25, 0.3) is 0 Å². The average molecular weight is 548 g/mol. The molecule has 6 aromatic carbocycles. The summed E-state index contributed by atoms with van der Waals surface area (Å²) in [6.07, 6.45) is 0. The van der Waals surface area contributed by atoms with Crippen LogP contribution in [-0.2, 0) is 9.84 Å². The van der Waals surface area contributed by atoms with Crippen molar-refractivity contribution < 1.29 is 8.42 Å². The van der Waals surface area contributed by atoms with Crippen LogP contribution in [0.4, 0.5) is 0 Å². The predicted molar refractivity (Wildman–Crippen MR) is 165 cm³/mol. The van der Waals surface area contributed by atoms with Gasteiger partial charge in [-0.15, -0.1) is 0 Å². The van der Waals surface area contributed by atoms with Gasteiger partial charge in [-0.1, -0.05) is 103 Å². The zero-order chi connectivity index (χ0) is 27.6. The van der Waals surface area contributed by atoms with E-state index in [0.717, 1.165) is 33.1 Å². The van der Waals surface area contributed by atoms with Gasteiger partial charge in [-0.3, -0.25) is 0 Å². The molecule has 0 aliphatic heterocycles. The average Bonchev–Trinajstić information content (AvgIpc) is 3.54. The largest absolute Gasteiger partial charge is 0.309 e. The van der Waals surface area contributed by atoms with Crippen LogP contribution in [0.1, 0.15) is 22.6 Å². The highest BCUT2D eigenvalue weighted by molar-refractivity contribution is 7.91. The Morgan fingerprint density at radius 3 is 1.61 bits per heavy atom. The molecule has 0 amide bonds. The van der Waals surface area contributed by atoms with E-state index in [1.54, 1.807) is 24.3 Å². The van der Waals surface area contributed by atoms with Crippen LogP contribution in [0.3, 0.4) is 0 Å². The smallest absolute Gasteiger partial charge is 0.206 e. The van der Waals surface area contributed by atoms with Crippen molar-refractivity contribution in [3.05, 3.63) is 162 Å². The molecule has 0 atom stereocenters. The number of nitrogens with zero attached hydrogens (tertiary/aromatic N) is 1. The number of hydrogen-bond donors (Lipinski definition) is 0. The molecular weight excluding hydrogens is 522 g/mol. The molecule has 3 nitrogen and oxygen atoms in total. The van der Waals surface area contributed by atoms with Gasteiger partial charge in [-0.25, -0.2) is 8.42 Å². The van der Waals surface area contributed by atoms with Crippen molar-refractivity contribution >= 4 is 31.6 Å². The minimum Gasteiger partial charge on any atom is -0.309 e. The number of aromatic nitrogens is 1. The first-order valence-corrected chi connectivity index (χ1v) is 15.2. The Morgan fingerprint density at radius 2 is 1.00 bits per heavy atom. The van der Waals surface area contributed by atoms with E-state index in [1.807, 2.05) is 42.5 Å². The highest BCUT2D eigenvalue weighted by Crippen LogP contribution is 2.48. The van der Waals surface area contributed by atoms with E-state index in [0.29, 0.717) is 4.90 Å². The number of rotatable bonds is 4. The second kappa shape index (κ2) is 9.05. The van der Waals surface area contributed by atoms with Crippen molar-refractivity contribution in [1.82, 2.24) is 4.57 Å². The standard InChI is InChI=1S/C37H25NO2S/c39-41(40,27-12-2-1-3-13-27)28-23-25(37-33-18-6-4-14-29(33)30-15-5-7-19-34(30)37)22-26(24-28)38-35-20-10-8-16-31(35)32-17-9-11-21-36(32)38/h1-24,37H. The van der Waals surface area contributed by atoms with Crippen molar-refractivity contribution in [3.8, 4) is 16.8 Å². The van der Waals surface area contributed by atoms with E-state index in [-0.39, 0.29) is 10.8 Å². The molecule has 4 heteroatoms. The van der Waals surface area contributed by atoms with E-state index >= 15 is 0 Å². The fraction of sp³-hybridized carbons (Fsp3) is 0.0270. The van der Waals surface area contributed by atoms with Gasteiger partial charge in [-0.2, -0.15) is 0 Å². The first-order chi connectivity index (χ1) is 20.1. The minimum atomic E-state index is -3.78. The van der Waals surface area contributed by atoms with E-state index in [4.69, 9.17) is 0 Å². The summed E-state index contributed by atoms with van der Waals surface area (Å²) < 4.78 is 30.5. The zero-order valence-corrected chi connectivity index (χ0v) is 22.9. The molecule has 1 heterocycles. The van der Waals surface area contributed by atoms with Gasteiger partial charge in [0.15, 0.2) is 0 Å². The Labute approximate surface area is 238 Å². The third-order valence-electron chi connectivity index (χ3n) is 8.28. The molecule has 1 aliphatic carbocycles. The molecule has 0 bridgehead atoms. The van der Waals surface area contributed by atoms with E-state index in [1.165, 1.54) is 22.3 Å². The number of fused-ring (bicyclic) bond motifs is 6. The van der Waals surface area contributed by atoms with Crippen LogP contribution in [0.2, 0.25) is 0 Å². The number of para-hydroxylation sites is 2.